The van der Waals surface area contributed by atoms with Crippen LogP contribution in [0.25, 0.3) is 10.9 Å². The Morgan fingerprint density at radius 2 is 2.03 bits per heavy atom. The van der Waals surface area contributed by atoms with Gasteiger partial charge in [0.15, 0.2) is 15.9 Å². The summed E-state index contributed by atoms with van der Waals surface area (Å²) >= 11 is 0. The number of Topliss-reactive ketones (excluding diaryl/α,β-unsaturated/α-hetero) is 1. The second-order valence-electron chi connectivity index (χ2n) is 7.50. The van der Waals surface area contributed by atoms with Crippen molar-refractivity contribution in [1.82, 2.24) is 9.99 Å². The molecule has 2 aliphatic rings. The Kier molecular flexibility index (Phi) is 5.19. The molecule has 2 aromatic rings. The Morgan fingerprint density at radius 3 is 2.77 bits per heavy atom. The maximum absolute atomic E-state index is 12.8. The zero-order chi connectivity index (χ0) is 21.5. The molecule has 30 heavy (non-hydrogen) atoms. The van der Waals surface area contributed by atoms with Gasteiger partial charge < -0.3 is 9.72 Å². The molecule has 1 fully saturated rings. The predicted molar refractivity (Wildman–Crippen MR) is 109 cm³/mol. The van der Waals surface area contributed by atoms with E-state index in [1.807, 2.05) is 18.2 Å². The number of H-pyrrole nitrogens is 1. The maximum atomic E-state index is 12.8. The summed E-state index contributed by atoms with van der Waals surface area (Å²) in [7, 11) is -3.21. The first-order valence-corrected chi connectivity index (χ1v) is 11.5. The van der Waals surface area contributed by atoms with Gasteiger partial charge in [-0.05, 0) is 19.4 Å². The number of rotatable bonds is 5. The van der Waals surface area contributed by atoms with E-state index in [4.69, 9.17) is 4.74 Å². The average molecular weight is 431 g/mol. The molecule has 0 spiro atoms. The largest absolute Gasteiger partial charge is 0.450 e. The fraction of sp³-hybridized carbons (Fsp3) is 0.400. The third kappa shape index (κ3) is 3.87. The van der Waals surface area contributed by atoms with E-state index >= 15 is 0 Å². The molecular formula is C20H21N3O6S. The Bertz CT molecular complexity index is 1170. The molecule has 1 aromatic carbocycles. The van der Waals surface area contributed by atoms with Crippen LogP contribution in [0.3, 0.4) is 0 Å². The van der Waals surface area contributed by atoms with Gasteiger partial charge in [0.2, 0.25) is 11.7 Å². The first kappa shape index (κ1) is 20.3. The van der Waals surface area contributed by atoms with Gasteiger partial charge in [-0.25, -0.2) is 18.2 Å². The minimum atomic E-state index is -3.21. The van der Waals surface area contributed by atoms with E-state index in [1.165, 1.54) is 6.92 Å². The molecule has 1 saturated heterocycles. The second-order valence-corrected chi connectivity index (χ2v) is 9.73. The highest BCUT2D eigenvalue weighted by molar-refractivity contribution is 7.91. The quantitative estimate of drug-likeness (QED) is 0.564. The molecule has 0 unspecified atom stereocenters. The normalized spacial score (nSPS) is 22.0. The summed E-state index contributed by atoms with van der Waals surface area (Å²) in [5.41, 5.74) is 1.23. The van der Waals surface area contributed by atoms with Crippen LogP contribution in [0.5, 0.6) is 0 Å². The number of ether oxygens (including phenoxy) is 1. The fourth-order valence-electron chi connectivity index (χ4n) is 3.75. The number of ketones is 1. The number of hydrogen-bond donors (Lipinski definition) is 1. The molecule has 0 aliphatic carbocycles. The van der Waals surface area contributed by atoms with Crippen LogP contribution >= 0.6 is 0 Å². The summed E-state index contributed by atoms with van der Waals surface area (Å²) in [6.07, 6.45) is 0.945. The van der Waals surface area contributed by atoms with Gasteiger partial charge >= 0.3 is 5.97 Å². The van der Waals surface area contributed by atoms with Crippen LogP contribution in [0.2, 0.25) is 0 Å². The van der Waals surface area contributed by atoms with Crippen molar-refractivity contribution < 1.29 is 27.5 Å². The monoisotopic (exact) mass is 431 g/mol. The number of aromatic nitrogens is 1. The Hall–Kier alpha value is -3.01. The summed E-state index contributed by atoms with van der Waals surface area (Å²) in [6, 6.07) is 6.73. The van der Waals surface area contributed by atoms with E-state index in [9.17, 15) is 22.8 Å². The lowest BCUT2D eigenvalue weighted by molar-refractivity contribution is -0.139. The third-order valence-corrected chi connectivity index (χ3v) is 7.11. The number of nitrogens with one attached hydrogen (secondary N) is 1. The number of carbonyl (C=O) groups is 3. The molecule has 158 valence electrons. The maximum Gasteiger partial charge on any atom is 0.355 e. The van der Waals surface area contributed by atoms with Crippen molar-refractivity contribution in [1.29, 1.82) is 0 Å². The Balaban J connectivity index is 1.48. The van der Waals surface area contributed by atoms with Crippen molar-refractivity contribution in [2.24, 2.45) is 5.10 Å². The van der Waals surface area contributed by atoms with E-state index in [-0.39, 0.29) is 48.2 Å². The van der Waals surface area contributed by atoms with Crippen LogP contribution in [0.15, 0.2) is 35.6 Å². The molecule has 2 aliphatic heterocycles. The topological polar surface area (TPSA) is 126 Å². The lowest BCUT2D eigenvalue weighted by Crippen LogP contribution is -2.42. The Morgan fingerprint density at radius 1 is 1.27 bits per heavy atom. The predicted octanol–water partition coefficient (Wildman–Crippen LogP) is 1.45. The molecule has 2 atom stereocenters. The minimum Gasteiger partial charge on any atom is -0.450 e. The first-order valence-electron chi connectivity index (χ1n) is 9.66. The van der Waals surface area contributed by atoms with Gasteiger partial charge in [0.25, 0.3) is 0 Å². The lowest BCUT2D eigenvalue weighted by Gasteiger charge is -2.27. The van der Waals surface area contributed by atoms with Crippen molar-refractivity contribution >= 4 is 44.1 Å². The second kappa shape index (κ2) is 7.67. The number of sulfone groups is 1. The highest BCUT2D eigenvalue weighted by atomic mass is 32.2. The molecule has 0 radical (unpaired) electrons. The number of esters is 1. The van der Waals surface area contributed by atoms with Gasteiger partial charge in [0, 0.05) is 35.5 Å². The number of hydrogen-bond acceptors (Lipinski definition) is 7. The summed E-state index contributed by atoms with van der Waals surface area (Å²) in [6.45, 7) is 1.48. The van der Waals surface area contributed by atoms with Gasteiger partial charge in [0.05, 0.1) is 17.5 Å². The van der Waals surface area contributed by atoms with Gasteiger partial charge in [-0.3, -0.25) is 9.59 Å². The highest BCUT2D eigenvalue weighted by Gasteiger charge is 2.38. The summed E-state index contributed by atoms with van der Waals surface area (Å²) in [5, 5.41) is 5.91. The zero-order valence-corrected chi connectivity index (χ0v) is 17.1. The van der Waals surface area contributed by atoms with E-state index in [0.717, 1.165) is 15.9 Å². The summed E-state index contributed by atoms with van der Waals surface area (Å²) in [5.74, 6) is -1.63. The third-order valence-electron chi connectivity index (χ3n) is 5.36. The fourth-order valence-corrected chi connectivity index (χ4v) is 5.44. The lowest BCUT2D eigenvalue weighted by atomic mass is 10.1. The highest BCUT2D eigenvalue weighted by Crippen LogP contribution is 2.23. The average Bonchev–Trinajstić information content (AvgIpc) is 3.30. The van der Waals surface area contributed by atoms with Crippen LogP contribution in [0.4, 0.5) is 0 Å². The van der Waals surface area contributed by atoms with Crippen LogP contribution in [0, 0.1) is 0 Å². The van der Waals surface area contributed by atoms with Crippen molar-refractivity contribution in [3.05, 3.63) is 36.0 Å². The van der Waals surface area contributed by atoms with Crippen LogP contribution in [-0.4, -0.2) is 65.4 Å². The van der Waals surface area contributed by atoms with E-state index in [0.29, 0.717) is 5.56 Å². The van der Waals surface area contributed by atoms with Crippen LogP contribution in [-0.2, 0) is 24.2 Å². The molecule has 1 amide bonds. The smallest absolute Gasteiger partial charge is 0.355 e. The van der Waals surface area contributed by atoms with Crippen molar-refractivity contribution in [3.8, 4) is 0 Å². The number of benzene rings is 1. The SMILES string of the molecule is C[C@H](OC(=O)C1=NN([C@@H]2CCS(=O)(=O)C2)C(=O)CC1)C(=O)c1c[nH]c2ccccc12. The molecule has 0 bridgehead atoms. The minimum absolute atomic E-state index is 0.00704. The summed E-state index contributed by atoms with van der Waals surface area (Å²) < 4.78 is 28.7. The molecular weight excluding hydrogens is 410 g/mol. The molecule has 1 N–H and O–H groups in total. The van der Waals surface area contributed by atoms with Crippen molar-refractivity contribution in [2.75, 3.05) is 11.5 Å². The van der Waals surface area contributed by atoms with Gasteiger partial charge in [-0.15, -0.1) is 0 Å². The zero-order valence-electron chi connectivity index (χ0n) is 16.3. The van der Waals surface area contributed by atoms with Crippen LogP contribution in [0.1, 0.15) is 36.5 Å². The molecule has 9 nitrogen and oxygen atoms in total. The van der Waals surface area contributed by atoms with Crippen molar-refractivity contribution in [2.45, 2.75) is 38.3 Å². The molecule has 3 heterocycles. The van der Waals surface area contributed by atoms with Gasteiger partial charge in [-0.1, -0.05) is 18.2 Å². The number of nitrogens with zero attached hydrogens (tertiary/aromatic N) is 2. The Labute approximate surface area is 173 Å². The van der Waals surface area contributed by atoms with Gasteiger partial charge in [0.1, 0.15) is 5.71 Å². The number of fused-ring (bicyclic) bond motifs is 1. The number of para-hydroxylation sites is 1. The standard InChI is InChI=1S/C20H21N3O6S/c1-12(19(25)15-10-21-16-5-3-2-4-14(15)16)29-20(26)17-6-7-18(24)23(22-17)13-8-9-30(27,28)11-13/h2-5,10,12-13,21H,6-9,11H2,1H3/t12-,13+/m0/s1. The number of hydrazone groups is 1. The first-order chi connectivity index (χ1) is 14.2. The molecule has 0 saturated carbocycles. The van der Waals surface area contributed by atoms with E-state index < -0.39 is 28.0 Å². The molecule has 10 heteroatoms. The van der Waals surface area contributed by atoms with Crippen molar-refractivity contribution in [3.63, 3.8) is 0 Å². The molecule has 4 rings (SSSR count). The van der Waals surface area contributed by atoms with E-state index in [2.05, 4.69) is 10.1 Å². The number of carbonyl (C=O) groups excluding carboxylic acids is 3. The van der Waals surface area contributed by atoms with E-state index in [1.54, 1.807) is 12.3 Å². The van der Waals surface area contributed by atoms with Crippen LogP contribution < -0.4 is 0 Å². The number of amides is 1. The summed E-state index contributed by atoms with van der Waals surface area (Å²) in [4.78, 5) is 40.5. The molecule has 1 aromatic heterocycles. The van der Waals surface area contributed by atoms with Gasteiger partial charge in [-0.2, -0.15) is 5.10 Å². The number of aromatic amines is 1.